The number of nitrogens with zero attached hydrogens (tertiary/aromatic N) is 2. The first-order valence-electron chi connectivity index (χ1n) is 6.31. The molecule has 0 saturated heterocycles. The number of carbonyl (C=O) groups is 1. The quantitative estimate of drug-likeness (QED) is 0.835. The number of hydrogen-bond donors (Lipinski definition) is 1. The SMILES string of the molecule is COC(=O)c1cnc(C)nc1NCC1(SC)CCC1. The summed E-state index contributed by atoms with van der Waals surface area (Å²) in [5.41, 5.74) is 0.392. The van der Waals surface area contributed by atoms with Crippen LogP contribution in [0.3, 0.4) is 0 Å². The van der Waals surface area contributed by atoms with Crippen LogP contribution >= 0.6 is 11.8 Å². The number of methoxy groups -OCH3 is 1. The molecule has 5 nitrogen and oxygen atoms in total. The van der Waals surface area contributed by atoms with Crippen molar-refractivity contribution in [2.45, 2.75) is 30.9 Å². The Bertz CT molecular complexity index is 469. The van der Waals surface area contributed by atoms with Gasteiger partial charge >= 0.3 is 5.97 Å². The lowest BCUT2D eigenvalue weighted by Crippen LogP contribution is -2.40. The Labute approximate surface area is 117 Å². The van der Waals surface area contributed by atoms with Crippen LogP contribution in [-0.2, 0) is 4.74 Å². The molecule has 2 rings (SSSR count). The standard InChI is InChI=1S/C13H19N3O2S/c1-9-14-7-10(12(17)18-2)11(16-9)15-8-13(19-3)5-4-6-13/h7H,4-6,8H2,1-3H3,(H,14,15,16). The Morgan fingerprint density at radius 3 is 2.84 bits per heavy atom. The number of carbonyl (C=O) groups excluding carboxylic acids is 1. The fraction of sp³-hybridized carbons (Fsp3) is 0.615. The van der Waals surface area contributed by atoms with Gasteiger partial charge in [-0.3, -0.25) is 0 Å². The van der Waals surface area contributed by atoms with Gasteiger partial charge in [0.2, 0.25) is 0 Å². The van der Waals surface area contributed by atoms with E-state index in [1.54, 1.807) is 6.92 Å². The number of thioether (sulfide) groups is 1. The Morgan fingerprint density at radius 2 is 2.32 bits per heavy atom. The summed E-state index contributed by atoms with van der Waals surface area (Å²) in [7, 11) is 1.36. The van der Waals surface area contributed by atoms with E-state index in [4.69, 9.17) is 4.74 Å². The van der Waals surface area contributed by atoms with Gasteiger partial charge in [0, 0.05) is 17.5 Å². The van der Waals surface area contributed by atoms with E-state index in [9.17, 15) is 4.79 Å². The number of aryl methyl sites for hydroxylation is 1. The molecule has 1 N–H and O–H groups in total. The molecule has 1 aliphatic carbocycles. The van der Waals surface area contributed by atoms with Crippen LogP contribution in [0.2, 0.25) is 0 Å². The minimum Gasteiger partial charge on any atom is -0.465 e. The average Bonchev–Trinajstić information content (AvgIpc) is 2.37. The molecule has 0 spiro atoms. The van der Waals surface area contributed by atoms with Gasteiger partial charge in [0.05, 0.1) is 7.11 Å². The summed E-state index contributed by atoms with van der Waals surface area (Å²) >= 11 is 1.88. The fourth-order valence-electron chi connectivity index (χ4n) is 2.13. The average molecular weight is 281 g/mol. The summed E-state index contributed by atoms with van der Waals surface area (Å²) < 4.78 is 5.04. The van der Waals surface area contributed by atoms with E-state index >= 15 is 0 Å². The third-order valence-corrected chi connectivity index (χ3v) is 5.01. The summed E-state index contributed by atoms with van der Waals surface area (Å²) in [6.45, 7) is 2.62. The van der Waals surface area contributed by atoms with Crippen LogP contribution in [0, 0.1) is 6.92 Å². The first-order chi connectivity index (χ1) is 9.10. The molecule has 19 heavy (non-hydrogen) atoms. The van der Waals surface area contributed by atoms with Gasteiger partial charge in [0.25, 0.3) is 0 Å². The second-order valence-corrected chi connectivity index (χ2v) is 6.04. The smallest absolute Gasteiger partial charge is 0.343 e. The summed E-state index contributed by atoms with van der Waals surface area (Å²) in [6.07, 6.45) is 7.34. The maximum atomic E-state index is 11.7. The van der Waals surface area contributed by atoms with Gasteiger partial charge in [-0.25, -0.2) is 14.8 Å². The maximum Gasteiger partial charge on any atom is 0.343 e. The molecule has 104 valence electrons. The number of ether oxygens (including phenoxy) is 1. The number of nitrogens with one attached hydrogen (secondary N) is 1. The van der Waals surface area contributed by atoms with Gasteiger partial charge in [0.1, 0.15) is 17.2 Å². The highest BCUT2D eigenvalue weighted by atomic mass is 32.2. The second-order valence-electron chi connectivity index (χ2n) is 4.77. The zero-order valence-electron chi connectivity index (χ0n) is 11.5. The number of anilines is 1. The molecular formula is C13H19N3O2S. The minimum atomic E-state index is -0.408. The van der Waals surface area contributed by atoms with Gasteiger partial charge in [-0.2, -0.15) is 11.8 Å². The van der Waals surface area contributed by atoms with E-state index in [1.165, 1.54) is 32.6 Å². The molecule has 0 bridgehead atoms. The van der Waals surface area contributed by atoms with E-state index in [-0.39, 0.29) is 4.75 Å². The van der Waals surface area contributed by atoms with Crippen molar-refractivity contribution in [3.05, 3.63) is 17.6 Å². The molecule has 1 fully saturated rings. The Kier molecular flexibility index (Phi) is 4.29. The number of esters is 1. The molecule has 1 aromatic heterocycles. The molecule has 1 saturated carbocycles. The lowest BCUT2D eigenvalue weighted by Gasteiger charge is -2.40. The zero-order valence-corrected chi connectivity index (χ0v) is 12.3. The van der Waals surface area contributed by atoms with Gasteiger partial charge < -0.3 is 10.1 Å². The molecule has 0 aromatic carbocycles. The topological polar surface area (TPSA) is 64.1 Å². The molecule has 0 aliphatic heterocycles. The fourth-order valence-corrected chi connectivity index (χ4v) is 3.05. The molecule has 1 heterocycles. The van der Waals surface area contributed by atoms with Gasteiger partial charge in [-0.15, -0.1) is 0 Å². The van der Waals surface area contributed by atoms with E-state index < -0.39 is 5.97 Å². The van der Waals surface area contributed by atoms with Crippen LogP contribution in [0.4, 0.5) is 5.82 Å². The van der Waals surface area contributed by atoms with Crippen molar-refractivity contribution in [3.63, 3.8) is 0 Å². The lowest BCUT2D eigenvalue weighted by atomic mass is 9.84. The molecule has 0 radical (unpaired) electrons. The summed E-state index contributed by atoms with van der Waals surface area (Å²) in [5.74, 6) is 0.802. The van der Waals surface area contributed by atoms with E-state index in [1.807, 2.05) is 11.8 Å². The summed E-state index contributed by atoms with van der Waals surface area (Å²) in [6, 6.07) is 0. The predicted molar refractivity (Wildman–Crippen MR) is 76.7 cm³/mol. The third-order valence-electron chi connectivity index (χ3n) is 3.59. The first-order valence-corrected chi connectivity index (χ1v) is 7.54. The third kappa shape index (κ3) is 3.00. The monoisotopic (exact) mass is 281 g/mol. The van der Waals surface area contributed by atoms with Crippen molar-refractivity contribution in [2.24, 2.45) is 0 Å². The van der Waals surface area contributed by atoms with Crippen molar-refractivity contribution in [3.8, 4) is 0 Å². The van der Waals surface area contributed by atoms with E-state index in [0.29, 0.717) is 17.2 Å². The van der Waals surface area contributed by atoms with Gasteiger partial charge in [-0.05, 0) is 26.0 Å². The van der Waals surface area contributed by atoms with E-state index in [0.717, 1.165) is 6.54 Å². The molecule has 6 heteroatoms. The van der Waals surface area contributed by atoms with Crippen LogP contribution in [0.25, 0.3) is 0 Å². The molecule has 0 amide bonds. The Morgan fingerprint density at radius 1 is 1.58 bits per heavy atom. The zero-order chi connectivity index (χ0) is 13.9. The lowest BCUT2D eigenvalue weighted by molar-refractivity contribution is 0.0601. The van der Waals surface area contributed by atoms with Crippen molar-refractivity contribution < 1.29 is 9.53 Å². The predicted octanol–water partition coefficient (Wildman–Crippen LogP) is 2.27. The highest BCUT2D eigenvalue weighted by Crippen LogP contribution is 2.42. The minimum absolute atomic E-state index is 0.284. The van der Waals surface area contributed by atoms with Crippen molar-refractivity contribution >= 4 is 23.5 Å². The number of aromatic nitrogens is 2. The van der Waals surface area contributed by atoms with Crippen LogP contribution < -0.4 is 5.32 Å². The van der Waals surface area contributed by atoms with Gasteiger partial charge in [-0.1, -0.05) is 6.42 Å². The Hall–Kier alpha value is -1.30. The second kappa shape index (κ2) is 5.77. The normalized spacial score (nSPS) is 16.6. The van der Waals surface area contributed by atoms with Crippen molar-refractivity contribution in [1.82, 2.24) is 9.97 Å². The molecule has 0 atom stereocenters. The first kappa shape index (κ1) is 14.1. The van der Waals surface area contributed by atoms with Crippen molar-refractivity contribution in [2.75, 3.05) is 25.2 Å². The van der Waals surface area contributed by atoms with Crippen LogP contribution in [0.5, 0.6) is 0 Å². The summed E-state index contributed by atoms with van der Waals surface area (Å²) in [5, 5.41) is 3.29. The Balaban J connectivity index is 2.14. The highest BCUT2D eigenvalue weighted by molar-refractivity contribution is 8.00. The van der Waals surface area contributed by atoms with Gasteiger partial charge in [0.15, 0.2) is 0 Å². The maximum absolute atomic E-state index is 11.7. The largest absolute Gasteiger partial charge is 0.465 e. The number of rotatable bonds is 5. The van der Waals surface area contributed by atoms with Crippen LogP contribution in [0.15, 0.2) is 6.20 Å². The molecular weight excluding hydrogens is 262 g/mol. The molecule has 1 aliphatic rings. The van der Waals surface area contributed by atoms with Crippen LogP contribution in [-0.4, -0.2) is 40.6 Å². The van der Waals surface area contributed by atoms with E-state index in [2.05, 4.69) is 21.5 Å². The van der Waals surface area contributed by atoms with Crippen molar-refractivity contribution in [1.29, 1.82) is 0 Å². The summed E-state index contributed by atoms with van der Waals surface area (Å²) in [4.78, 5) is 20.0. The number of hydrogen-bond acceptors (Lipinski definition) is 6. The van der Waals surface area contributed by atoms with Crippen LogP contribution in [0.1, 0.15) is 35.4 Å². The molecule has 0 unspecified atom stereocenters. The highest BCUT2D eigenvalue weighted by Gasteiger charge is 2.36. The molecule has 1 aromatic rings.